The molecule has 1 aliphatic heterocycles. The summed E-state index contributed by atoms with van der Waals surface area (Å²) in [7, 11) is 0. The first-order valence-corrected chi connectivity index (χ1v) is 11.1. The summed E-state index contributed by atoms with van der Waals surface area (Å²) < 4.78 is 0. The van der Waals surface area contributed by atoms with E-state index >= 15 is 0 Å². The molecule has 0 aliphatic carbocycles. The third-order valence-corrected chi connectivity index (χ3v) is 5.78. The summed E-state index contributed by atoms with van der Waals surface area (Å²) in [6.45, 7) is 10.7. The molecule has 6 nitrogen and oxygen atoms in total. The van der Waals surface area contributed by atoms with Gasteiger partial charge in [0.05, 0.1) is 17.2 Å². The number of carbonyl (C=O) groups excluding carboxylic acids is 1. The van der Waals surface area contributed by atoms with E-state index in [-0.39, 0.29) is 17.2 Å². The lowest BCUT2D eigenvalue weighted by molar-refractivity contribution is -0.116. The van der Waals surface area contributed by atoms with Crippen molar-refractivity contribution in [1.82, 2.24) is 15.6 Å². The van der Waals surface area contributed by atoms with Crippen molar-refractivity contribution in [3.05, 3.63) is 45.9 Å². The number of carbonyl (C=O) groups is 1. The predicted octanol–water partition coefficient (Wildman–Crippen LogP) is 3.66. The van der Waals surface area contributed by atoms with Crippen molar-refractivity contribution in [3.8, 4) is 0 Å². The van der Waals surface area contributed by atoms with E-state index in [9.17, 15) is 4.79 Å². The van der Waals surface area contributed by atoms with Crippen LogP contribution in [0.5, 0.6) is 0 Å². The lowest BCUT2D eigenvalue weighted by Gasteiger charge is -2.24. The largest absolute Gasteiger partial charge is 0.357 e. The monoisotopic (exact) mass is 413 g/mol. The van der Waals surface area contributed by atoms with Gasteiger partial charge in [-0.25, -0.2) is 4.98 Å². The molecule has 2 heterocycles. The van der Waals surface area contributed by atoms with Crippen LogP contribution >= 0.6 is 11.3 Å². The summed E-state index contributed by atoms with van der Waals surface area (Å²) in [6, 6.07) is 7.98. The van der Waals surface area contributed by atoms with Crippen molar-refractivity contribution in [2.75, 3.05) is 25.0 Å². The second kappa shape index (κ2) is 9.39. The Bertz CT molecular complexity index is 868. The number of rotatable bonds is 6. The molecular weight excluding hydrogens is 382 g/mol. The van der Waals surface area contributed by atoms with E-state index in [1.807, 2.05) is 18.2 Å². The van der Waals surface area contributed by atoms with Crippen LogP contribution in [0.25, 0.3) is 0 Å². The molecule has 1 atom stereocenters. The highest BCUT2D eigenvalue weighted by molar-refractivity contribution is 7.09. The van der Waals surface area contributed by atoms with Crippen LogP contribution < -0.4 is 16.0 Å². The Morgan fingerprint density at radius 3 is 2.83 bits per heavy atom. The van der Waals surface area contributed by atoms with Crippen LogP contribution in [0.4, 0.5) is 5.69 Å². The average Bonchev–Trinajstić information content (AvgIpc) is 3.15. The van der Waals surface area contributed by atoms with Gasteiger partial charge in [-0.2, -0.15) is 0 Å². The lowest BCUT2D eigenvalue weighted by Crippen LogP contribution is -2.38. The molecule has 1 aromatic heterocycles. The summed E-state index contributed by atoms with van der Waals surface area (Å²) in [5.74, 6) is 0.938. The fraction of sp³-hybridized carbons (Fsp3) is 0.500. The highest BCUT2D eigenvalue weighted by Crippen LogP contribution is 2.32. The molecule has 0 bridgehead atoms. The zero-order valence-electron chi connectivity index (χ0n) is 17.7. The van der Waals surface area contributed by atoms with Crippen molar-refractivity contribution in [2.24, 2.45) is 4.99 Å². The van der Waals surface area contributed by atoms with Gasteiger partial charge in [0.2, 0.25) is 5.91 Å². The minimum Gasteiger partial charge on any atom is -0.357 e. The normalized spacial score (nSPS) is 16.9. The number of guanidine groups is 1. The van der Waals surface area contributed by atoms with E-state index < -0.39 is 0 Å². The molecule has 0 saturated heterocycles. The molecule has 3 N–H and O–H groups in total. The van der Waals surface area contributed by atoms with Gasteiger partial charge in [-0.15, -0.1) is 11.3 Å². The molecule has 0 saturated carbocycles. The van der Waals surface area contributed by atoms with Crippen LogP contribution in [0.3, 0.4) is 0 Å². The molecule has 0 radical (unpaired) electrons. The van der Waals surface area contributed by atoms with Crippen molar-refractivity contribution in [3.63, 3.8) is 0 Å². The fourth-order valence-electron chi connectivity index (χ4n) is 3.27. The molecule has 29 heavy (non-hydrogen) atoms. The van der Waals surface area contributed by atoms with Crippen molar-refractivity contribution < 1.29 is 4.79 Å². The first-order valence-electron chi connectivity index (χ1n) is 10.2. The van der Waals surface area contributed by atoms with Gasteiger partial charge in [-0.3, -0.25) is 9.79 Å². The van der Waals surface area contributed by atoms with Crippen LogP contribution in [0, 0.1) is 0 Å². The summed E-state index contributed by atoms with van der Waals surface area (Å²) in [6.07, 6.45) is 1.33. The number of aromatic nitrogens is 1. The van der Waals surface area contributed by atoms with Gasteiger partial charge in [-0.1, -0.05) is 39.0 Å². The predicted molar refractivity (Wildman–Crippen MR) is 121 cm³/mol. The van der Waals surface area contributed by atoms with Crippen LogP contribution in [0.1, 0.15) is 56.3 Å². The Kier molecular flexibility index (Phi) is 6.90. The minimum atomic E-state index is 0.0558. The van der Waals surface area contributed by atoms with Gasteiger partial charge in [-0.05, 0) is 18.6 Å². The number of benzene rings is 1. The Balaban J connectivity index is 1.59. The number of hydrogen-bond acceptors (Lipinski definition) is 4. The van der Waals surface area contributed by atoms with E-state index in [1.54, 1.807) is 11.3 Å². The number of anilines is 1. The van der Waals surface area contributed by atoms with Gasteiger partial charge in [0.1, 0.15) is 0 Å². The average molecular weight is 414 g/mol. The highest BCUT2D eigenvalue weighted by atomic mass is 32.1. The van der Waals surface area contributed by atoms with E-state index in [2.05, 4.69) is 55.1 Å². The third kappa shape index (κ3) is 5.79. The smallest absolute Gasteiger partial charge is 0.225 e. The second-order valence-electron chi connectivity index (χ2n) is 8.31. The summed E-state index contributed by atoms with van der Waals surface area (Å²) in [5.41, 5.74) is 3.29. The lowest BCUT2D eigenvalue weighted by atomic mass is 9.91. The fourth-order valence-corrected chi connectivity index (χ4v) is 4.29. The van der Waals surface area contributed by atoms with E-state index in [1.165, 1.54) is 0 Å². The summed E-state index contributed by atoms with van der Waals surface area (Å²) in [4.78, 5) is 21.5. The molecule has 2 aromatic rings. The van der Waals surface area contributed by atoms with E-state index in [0.717, 1.165) is 47.4 Å². The van der Waals surface area contributed by atoms with Gasteiger partial charge in [0.15, 0.2) is 5.96 Å². The highest BCUT2D eigenvalue weighted by Gasteiger charge is 2.24. The van der Waals surface area contributed by atoms with Crippen molar-refractivity contribution >= 4 is 28.9 Å². The molecule has 1 aliphatic rings. The van der Waals surface area contributed by atoms with E-state index in [4.69, 9.17) is 9.98 Å². The topological polar surface area (TPSA) is 78.4 Å². The molecule has 156 valence electrons. The number of para-hydroxylation sites is 1. The molecule has 1 aromatic carbocycles. The molecule has 1 unspecified atom stereocenters. The van der Waals surface area contributed by atoms with Crippen molar-refractivity contribution in [2.45, 2.75) is 51.9 Å². The molecular formula is C22H31N5OS. The van der Waals surface area contributed by atoms with Gasteiger partial charge < -0.3 is 16.0 Å². The third-order valence-electron chi connectivity index (χ3n) is 4.87. The van der Waals surface area contributed by atoms with E-state index in [0.29, 0.717) is 13.0 Å². The second-order valence-corrected chi connectivity index (χ2v) is 9.25. The molecule has 1 amide bonds. The maximum Gasteiger partial charge on any atom is 0.225 e. The Hall–Kier alpha value is -2.41. The minimum absolute atomic E-state index is 0.0558. The number of nitrogens with one attached hydrogen (secondary N) is 3. The Morgan fingerprint density at radius 2 is 2.10 bits per heavy atom. The van der Waals surface area contributed by atoms with Crippen LogP contribution in [-0.2, 0) is 16.6 Å². The maximum absolute atomic E-state index is 12.0. The maximum atomic E-state index is 12.0. The van der Waals surface area contributed by atoms with Gasteiger partial charge in [0.25, 0.3) is 0 Å². The first-order chi connectivity index (χ1) is 13.9. The number of aliphatic imine (C=N–C) groups is 1. The zero-order chi connectivity index (χ0) is 20.9. The number of amides is 1. The molecule has 0 fully saturated rings. The Morgan fingerprint density at radius 1 is 1.31 bits per heavy atom. The van der Waals surface area contributed by atoms with Crippen LogP contribution in [0.2, 0.25) is 0 Å². The van der Waals surface area contributed by atoms with Crippen LogP contribution in [0.15, 0.2) is 34.6 Å². The van der Waals surface area contributed by atoms with Gasteiger partial charge >= 0.3 is 0 Å². The molecule has 3 rings (SSSR count). The number of hydrogen-bond donors (Lipinski definition) is 3. The summed E-state index contributed by atoms with van der Waals surface area (Å²) >= 11 is 1.71. The van der Waals surface area contributed by atoms with Crippen LogP contribution in [-0.4, -0.2) is 36.5 Å². The number of nitrogens with zero attached hydrogens (tertiary/aromatic N) is 2. The zero-order valence-corrected chi connectivity index (χ0v) is 18.5. The SMILES string of the molecule is CCNC(=NCC1CC(=O)Nc2ccccc21)NCCc1nc(C(C)(C)C)cs1. The Labute approximate surface area is 177 Å². The van der Waals surface area contributed by atoms with Crippen molar-refractivity contribution in [1.29, 1.82) is 0 Å². The quantitative estimate of drug-likeness (QED) is 0.499. The molecule has 7 heteroatoms. The van der Waals surface area contributed by atoms with Gasteiger partial charge in [0, 0.05) is 48.3 Å². The number of fused-ring (bicyclic) bond motifs is 1. The first kappa shape index (κ1) is 21.3. The standard InChI is InChI=1S/C22H31N5OS/c1-5-23-21(24-11-10-20-27-18(14-29-20)22(2,3)4)25-13-15-12-19(28)26-17-9-7-6-8-16(15)17/h6-9,14-15H,5,10-13H2,1-4H3,(H,26,28)(H2,23,24,25). The number of thiazole rings is 1. The molecule has 0 spiro atoms. The summed E-state index contributed by atoms with van der Waals surface area (Å²) in [5, 5.41) is 12.9.